The molecule has 1 atom stereocenters. The third-order valence-corrected chi connectivity index (χ3v) is 4.97. The highest BCUT2D eigenvalue weighted by Crippen LogP contribution is 2.31. The highest BCUT2D eigenvalue weighted by atomic mass is 32.1. The van der Waals surface area contributed by atoms with Crippen LogP contribution < -0.4 is 4.90 Å². The molecule has 3 heterocycles. The Kier molecular flexibility index (Phi) is 3.56. The molecule has 0 amide bonds. The number of rotatable bonds is 2. The Morgan fingerprint density at radius 3 is 3.09 bits per heavy atom. The molecule has 0 radical (unpaired) electrons. The topological polar surface area (TPSA) is 25.4 Å². The van der Waals surface area contributed by atoms with Crippen LogP contribution in [0.15, 0.2) is 47.3 Å². The third kappa shape index (κ3) is 2.38. The predicted molar refractivity (Wildman–Crippen MR) is 91.7 cm³/mol. The van der Waals surface area contributed by atoms with Gasteiger partial charge >= 0.3 is 0 Å². The molecular formula is C18H18N2OS. The zero-order valence-electron chi connectivity index (χ0n) is 12.5. The van der Waals surface area contributed by atoms with E-state index in [-0.39, 0.29) is 6.10 Å². The molecule has 1 aliphatic heterocycles. The fraction of sp³-hybridized carbons (Fsp3) is 0.278. The molecule has 4 rings (SSSR count). The summed E-state index contributed by atoms with van der Waals surface area (Å²) >= 11 is 1.73. The standard InChI is InChI=1S/C18H18N2OS/c1-13-3-2-4-15-16(5-7-19-18(13)15)20-8-9-21-17(11-20)14-6-10-22-12-14/h2-7,10,12,17H,8-9,11H2,1H3. The number of nitrogens with zero attached hydrogens (tertiary/aromatic N) is 2. The number of para-hydroxylation sites is 1. The van der Waals surface area contributed by atoms with Crippen molar-refractivity contribution in [1.29, 1.82) is 0 Å². The molecule has 3 aromatic rings. The van der Waals surface area contributed by atoms with Crippen LogP contribution in [0.25, 0.3) is 10.9 Å². The predicted octanol–water partition coefficient (Wildman–Crippen LogP) is 4.18. The number of thiophene rings is 1. The fourth-order valence-electron chi connectivity index (χ4n) is 3.11. The molecule has 112 valence electrons. The molecule has 0 spiro atoms. The van der Waals surface area contributed by atoms with Crippen LogP contribution >= 0.6 is 11.3 Å². The lowest BCUT2D eigenvalue weighted by Crippen LogP contribution is -2.38. The van der Waals surface area contributed by atoms with Gasteiger partial charge in [-0.15, -0.1) is 0 Å². The molecule has 22 heavy (non-hydrogen) atoms. The van der Waals surface area contributed by atoms with Crippen molar-refractivity contribution in [2.75, 3.05) is 24.6 Å². The maximum atomic E-state index is 5.96. The van der Waals surface area contributed by atoms with E-state index in [1.165, 1.54) is 22.2 Å². The highest BCUT2D eigenvalue weighted by Gasteiger charge is 2.23. The van der Waals surface area contributed by atoms with Gasteiger partial charge in [-0.1, -0.05) is 18.2 Å². The molecule has 2 aromatic heterocycles. The number of aromatic nitrogens is 1. The van der Waals surface area contributed by atoms with E-state index in [1.54, 1.807) is 11.3 Å². The lowest BCUT2D eigenvalue weighted by molar-refractivity contribution is 0.0401. The van der Waals surface area contributed by atoms with Crippen LogP contribution in [0.2, 0.25) is 0 Å². The average Bonchev–Trinajstić information content (AvgIpc) is 3.09. The SMILES string of the molecule is Cc1cccc2c(N3CCOC(c4ccsc4)C3)ccnc12. The molecule has 1 unspecified atom stereocenters. The number of benzene rings is 1. The summed E-state index contributed by atoms with van der Waals surface area (Å²) in [5.41, 5.74) is 4.86. The molecule has 4 heteroatoms. The van der Waals surface area contributed by atoms with Crippen LogP contribution in [0.4, 0.5) is 5.69 Å². The number of aryl methyl sites for hydroxylation is 1. The van der Waals surface area contributed by atoms with E-state index in [0.717, 1.165) is 25.2 Å². The van der Waals surface area contributed by atoms with E-state index >= 15 is 0 Å². The Morgan fingerprint density at radius 2 is 2.23 bits per heavy atom. The molecule has 0 bridgehead atoms. The van der Waals surface area contributed by atoms with Crippen molar-refractivity contribution in [2.24, 2.45) is 0 Å². The van der Waals surface area contributed by atoms with Crippen LogP contribution in [-0.4, -0.2) is 24.7 Å². The maximum absolute atomic E-state index is 5.96. The number of morpholine rings is 1. The summed E-state index contributed by atoms with van der Waals surface area (Å²) in [4.78, 5) is 6.97. The summed E-state index contributed by atoms with van der Waals surface area (Å²) < 4.78 is 5.96. The minimum atomic E-state index is 0.160. The molecule has 1 aliphatic rings. The lowest BCUT2D eigenvalue weighted by Gasteiger charge is -2.35. The molecular weight excluding hydrogens is 292 g/mol. The van der Waals surface area contributed by atoms with Gasteiger partial charge in [-0.25, -0.2) is 0 Å². The van der Waals surface area contributed by atoms with Gasteiger partial charge in [0.05, 0.1) is 12.1 Å². The molecule has 3 nitrogen and oxygen atoms in total. The van der Waals surface area contributed by atoms with E-state index in [9.17, 15) is 0 Å². The van der Waals surface area contributed by atoms with Crippen molar-refractivity contribution in [3.63, 3.8) is 0 Å². The highest BCUT2D eigenvalue weighted by molar-refractivity contribution is 7.07. The summed E-state index contributed by atoms with van der Waals surface area (Å²) in [7, 11) is 0. The van der Waals surface area contributed by atoms with Crippen molar-refractivity contribution >= 4 is 27.9 Å². The number of anilines is 1. The Labute approximate surface area is 134 Å². The average molecular weight is 310 g/mol. The third-order valence-electron chi connectivity index (χ3n) is 4.27. The van der Waals surface area contributed by atoms with Gasteiger partial charge in [-0.2, -0.15) is 11.3 Å². The van der Waals surface area contributed by atoms with E-state index in [2.05, 4.69) is 57.9 Å². The van der Waals surface area contributed by atoms with Gasteiger partial charge in [-0.05, 0) is 40.9 Å². The van der Waals surface area contributed by atoms with Crippen molar-refractivity contribution in [1.82, 2.24) is 4.98 Å². The Morgan fingerprint density at radius 1 is 1.27 bits per heavy atom. The van der Waals surface area contributed by atoms with Crippen LogP contribution in [-0.2, 0) is 4.74 Å². The first-order valence-electron chi connectivity index (χ1n) is 7.56. The second-order valence-electron chi connectivity index (χ2n) is 5.66. The van der Waals surface area contributed by atoms with Gasteiger partial charge in [0.25, 0.3) is 0 Å². The second kappa shape index (κ2) is 5.71. The first-order valence-corrected chi connectivity index (χ1v) is 8.50. The molecule has 1 saturated heterocycles. The van der Waals surface area contributed by atoms with E-state index in [0.29, 0.717) is 0 Å². The molecule has 0 N–H and O–H groups in total. The van der Waals surface area contributed by atoms with Gasteiger partial charge in [0, 0.05) is 30.4 Å². The smallest absolute Gasteiger partial charge is 0.101 e. The Balaban J connectivity index is 1.71. The second-order valence-corrected chi connectivity index (χ2v) is 6.44. The van der Waals surface area contributed by atoms with Crippen molar-refractivity contribution in [2.45, 2.75) is 13.0 Å². The van der Waals surface area contributed by atoms with Gasteiger partial charge in [0.2, 0.25) is 0 Å². The van der Waals surface area contributed by atoms with Gasteiger partial charge in [-0.3, -0.25) is 4.98 Å². The number of pyridine rings is 1. The van der Waals surface area contributed by atoms with Gasteiger partial charge in [0.1, 0.15) is 6.10 Å². The summed E-state index contributed by atoms with van der Waals surface area (Å²) in [6, 6.07) is 10.7. The monoisotopic (exact) mass is 310 g/mol. The van der Waals surface area contributed by atoms with E-state index in [1.807, 2.05) is 6.20 Å². The Hall–Kier alpha value is -1.91. The minimum absolute atomic E-state index is 0.160. The van der Waals surface area contributed by atoms with Crippen molar-refractivity contribution in [3.05, 3.63) is 58.4 Å². The van der Waals surface area contributed by atoms with Crippen LogP contribution in [0.1, 0.15) is 17.2 Å². The molecule has 0 saturated carbocycles. The number of fused-ring (bicyclic) bond motifs is 1. The van der Waals surface area contributed by atoms with Crippen molar-refractivity contribution < 1.29 is 4.74 Å². The van der Waals surface area contributed by atoms with Crippen LogP contribution in [0.3, 0.4) is 0 Å². The molecule has 1 fully saturated rings. The molecule has 1 aromatic carbocycles. The van der Waals surface area contributed by atoms with E-state index < -0.39 is 0 Å². The first-order chi connectivity index (χ1) is 10.8. The summed E-state index contributed by atoms with van der Waals surface area (Å²) in [5, 5.41) is 5.53. The molecule has 0 aliphatic carbocycles. The van der Waals surface area contributed by atoms with E-state index in [4.69, 9.17) is 4.74 Å². The minimum Gasteiger partial charge on any atom is -0.370 e. The summed E-state index contributed by atoms with van der Waals surface area (Å²) in [6.45, 7) is 4.69. The van der Waals surface area contributed by atoms with Crippen molar-refractivity contribution in [3.8, 4) is 0 Å². The maximum Gasteiger partial charge on any atom is 0.101 e. The first kappa shape index (κ1) is 13.7. The normalized spacial score (nSPS) is 18.8. The number of hydrogen-bond donors (Lipinski definition) is 0. The number of ether oxygens (including phenoxy) is 1. The zero-order valence-corrected chi connectivity index (χ0v) is 13.3. The van der Waals surface area contributed by atoms with Crippen LogP contribution in [0, 0.1) is 6.92 Å². The van der Waals surface area contributed by atoms with Crippen LogP contribution in [0.5, 0.6) is 0 Å². The quantitative estimate of drug-likeness (QED) is 0.710. The summed E-state index contributed by atoms with van der Waals surface area (Å²) in [6.07, 6.45) is 2.08. The Bertz CT molecular complexity index is 785. The van der Waals surface area contributed by atoms with Gasteiger partial charge in [0.15, 0.2) is 0 Å². The number of hydrogen-bond acceptors (Lipinski definition) is 4. The lowest BCUT2D eigenvalue weighted by atomic mass is 10.1. The largest absolute Gasteiger partial charge is 0.370 e. The fourth-order valence-corrected chi connectivity index (χ4v) is 3.81. The van der Waals surface area contributed by atoms with Gasteiger partial charge < -0.3 is 9.64 Å². The summed E-state index contributed by atoms with van der Waals surface area (Å²) in [5.74, 6) is 0. The zero-order chi connectivity index (χ0) is 14.9.